The lowest BCUT2D eigenvalue weighted by Gasteiger charge is -2.40. The van der Waals surface area contributed by atoms with Crippen molar-refractivity contribution in [2.75, 3.05) is 26.3 Å². The van der Waals surface area contributed by atoms with E-state index in [-0.39, 0.29) is 5.41 Å². The molecule has 2 aliphatic rings. The zero-order valence-electron chi connectivity index (χ0n) is 11.7. The Kier molecular flexibility index (Phi) is 5.19. The average molecular weight is 253 g/mol. The average Bonchev–Trinajstić information content (AvgIpc) is 2.66. The lowest BCUT2D eigenvalue weighted by Crippen LogP contribution is -2.50. The van der Waals surface area contributed by atoms with E-state index in [0.717, 1.165) is 45.6 Å². The monoisotopic (exact) mass is 253 g/mol. The summed E-state index contributed by atoms with van der Waals surface area (Å²) in [6.07, 6.45) is 9.61. The van der Waals surface area contributed by atoms with Crippen LogP contribution in [0.25, 0.3) is 0 Å². The van der Waals surface area contributed by atoms with Crippen molar-refractivity contribution in [3.63, 3.8) is 0 Å². The normalized spacial score (nSPS) is 29.7. The molecule has 1 heterocycles. The molecular weight excluding hydrogens is 226 g/mol. The van der Waals surface area contributed by atoms with Gasteiger partial charge in [0.05, 0.1) is 13.2 Å². The quantitative estimate of drug-likeness (QED) is 0.570. The molecule has 1 saturated heterocycles. The number of hydrogen-bond acceptors (Lipinski definition) is 3. The van der Waals surface area contributed by atoms with E-state index in [1.54, 1.807) is 0 Å². The van der Waals surface area contributed by atoms with Crippen LogP contribution in [0.5, 0.6) is 0 Å². The Labute approximate surface area is 111 Å². The number of aldehydes is 1. The molecule has 3 nitrogen and oxygen atoms in total. The van der Waals surface area contributed by atoms with Crippen LogP contribution in [-0.2, 0) is 9.53 Å². The van der Waals surface area contributed by atoms with E-state index in [2.05, 4.69) is 11.8 Å². The van der Waals surface area contributed by atoms with Gasteiger partial charge in [0, 0.05) is 24.5 Å². The van der Waals surface area contributed by atoms with Crippen molar-refractivity contribution < 1.29 is 9.53 Å². The summed E-state index contributed by atoms with van der Waals surface area (Å²) in [7, 11) is 0. The Hall–Kier alpha value is -0.410. The van der Waals surface area contributed by atoms with Crippen LogP contribution in [0.3, 0.4) is 0 Å². The van der Waals surface area contributed by atoms with Crippen molar-refractivity contribution in [3.8, 4) is 0 Å². The van der Waals surface area contributed by atoms with E-state index in [1.807, 2.05) is 0 Å². The molecule has 0 spiro atoms. The number of hydrogen-bond donors (Lipinski definition) is 0. The van der Waals surface area contributed by atoms with Crippen molar-refractivity contribution in [1.29, 1.82) is 0 Å². The lowest BCUT2D eigenvalue weighted by atomic mass is 9.81. The van der Waals surface area contributed by atoms with Gasteiger partial charge in [0.15, 0.2) is 0 Å². The van der Waals surface area contributed by atoms with Gasteiger partial charge in [-0.25, -0.2) is 0 Å². The van der Waals surface area contributed by atoms with E-state index in [9.17, 15) is 4.79 Å². The van der Waals surface area contributed by atoms with Crippen molar-refractivity contribution >= 4 is 6.29 Å². The maximum Gasteiger partial charge on any atom is 0.127 e. The molecule has 1 aliphatic carbocycles. The smallest absolute Gasteiger partial charge is 0.127 e. The minimum absolute atomic E-state index is 0.0682. The fourth-order valence-electron chi connectivity index (χ4n) is 3.42. The van der Waals surface area contributed by atoms with Crippen molar-refractivity contribution in [3.05, 3.63) is 0 Å². The molecule has 104 valence electrons. The van der Waals surface area contributed by atoms with Crippen LogP contribution in [-0.4, -0.2) is 43.5 Å². The minimum atomic E-state index is -0.0682. The molecule has 0 radical (unpaired) electrons. The third-order valence-corrected chi connectivity index (χ3v) is 4.69. The lowest BCUT2D eigenvalue weighted by molar-refractivity contribution is -0.120. The fraction of sp³-hybridized carbons (Fsp3) is 0.933. The minimum Gasteiger partial charge on any atom is -0.378 e. The van der Waals surface area contributed by atoms with E-state index in [0.29, 0.717) is 6.04 Å². The number of rotatable bonds is 4. The summed E-state index contributed by atoms with van der Waals surface area (Å²) in [5.74, 6) is 0. The maximum atomic E-state index is 11.6. The molecule has 1 aliphatic heterocycles. The second-order valence-electron chi connectivity index (χ2n) is 6.00. The fourth-order valence-corrected chi connectivity index (χ4v) is 3.42. The number of nitrogens with zero attached hydrogens (tertiary/aromatic N) is 1. The molecule has 0 amide bonds. The standard InChI is InChI=1S/C15H27NO2/c1-2-14-11-18-10-9-16(14)12-15(13-17)7-5-3-4-6-8-15/h13-14H,2-12H2,1H3. The Morgan fingerprint density at radius 3 is 2.61 bits per heavy atom. The molecule has 0 bridgehead atoms. The Morgan fingerprint density at radius 1 is 1.28 bits per heavy atom. The third-order valence-electron chi connectivity index (χ3n) is 4.69. The molecule has 0 aromatic heterocycles. The maximum absolute atomic E-state index is 11.6. The first-order chi connectivity index (χ1) is 8.79. The SMILES string of the molecule is CCC1COCCN1CC1(C=O)CCCCCC1. The highest BCUT2D eigenvalue weighted by Gasteiger charge is 2.35. The molecule has 0 N–H and O–H groups in total. The summed E-state index contributed by atoms with van der Waals surface area (Å²) >= 11 is 0. The van der Waals surface area contributed by atoms with Crippen molar-refractivity contribution in [2.24, 2.45) is 5.41 Å². The van der Waals surface area contributed by atoms with Gasteiger partial charge in [0.25, 0.3) is 0 Å². The van der Waals surface area contributed by atoms with Crippen LogP contribution < -0.4 is 0 Å². The zero-order chi connectivity index (χ0) is 12.8. The van der Waals surface area contributed by atoms with E-state index in [1.165, 1.54) is 32.0 Å². The Balaban J connectivity index is 2.00. The van der Waals surface area contributed by atoms with Crippen LogP contribution >= 0.6 is 0 Å². The molecule has 2 rings (SSSR count). The van der Waals surface area contributed by atoms with Crippen LogP contribution in [0.4, 0.5) is 0 Å². The van der Waals surface area contributed by atoms with Crippen LogP contribution in [0.1, 0.15) is 51.9 Å². The first-order valence-electron chi connectivity index (χ1n) is 7.58. The Bertz CT molecular complexity index is 259. The molecule has 18 heavy (non-hydrogen) atoms. The van der Waals surface area contributed by atoms with Crippen LogP contribution in [0.15, 0.2) is 0 Å². The predicted molar refractivity (Wildman–Crippen MR) is 72.7 cm³/mol. The number of morpholine rings is 1. The second-order valence-corrected chi connectivity index (χ2v) is 6.00. The van der Waals surface area contributed by atoms with Crippen molar-refractivity contribution in [2.45, 2.75) is 57.9 Å². The number of carbonyl (C=O) groups excluding carboxylic acids is 1. The van der Waals surface area contributed by atoms with E-state index in [4.69, 9.17) is 4.74 Å². The number of carbonyl (C=O) groups is 1. The van der Waals surface area contributed by atoms with Gasteiger partial charge >= 0.3 is 0 Å². The summed E-state index contributed by atoms with van der Waals surface area (Å²) in [5.41, 5.74) is -0.0682. The molecule has 1 saturated carbocycles. The molecule has 3 heteroatoms. The highest BCUT2D eigenvalue weighted by molar-refractivity contribution is 5.59. The van der Waals surface area contributed by atoms with Gasteiger partial charge < -0.3 is 9.53 Å². The van der Waals surface area contributed by atoms with Crippen LogP contribution in [0, 0.1) is 5.41 Å². The largest absolute Gasteiger partial charge is 0.378 e. The second kappa shape index (κ2) is 6.67. The first-order valence-corrected chi connectivity index (χ1v) is 7.58. The molecule has 2 fully saturated rings. The molecular formula is C15H27NO2. The van der Waals surface area contributed by atoms with Gasteiger partial charge in [-0.3, -0.25) is 4.90 Å². The summed E-state index contributed by atoms with van der Waals surface area (Å²) < 4.78 is 5.55. The number of ether oxygens (including phenoxy) is 1. The zero-order valence-corrected chi connectivity index (χ0v) is 11.7. The molecule has 0 aromatic rings. The van der Waals surface area contributed by atoms with Gasteiger partial charge in [-0.05, 0) is 19.3 Å². The van der Waals surface area contributed by atoms with Crippen molar-refractivity contribution in [1.82, 2.24) is 4.90 Å². The molecule has 0 aromatic carbocycles. The Morgan fingerprint density at radius 2 is 2.00 bits per heavy atom. The van der Waals surface area contributed by atoms with Gasteiger partial charge in [-0.15, -0.1) is 0 Å². The topological polar surface area (TPSA) is 29.5 Å². The highest BCUT2D eigenvalue weighted by Crippen LogP contribution is 2.35. The van der Waals surface area contributed by atoms with Gasteiger partial charge in [0.2, 0.25) is 0 Å². The third kappa shape index (κ3) is 3.33. The van der Waals surface area contributed by atoms with Gasteiger partial charge in [-0.2, -0.15) is 0 Å². The molecule has 1 unspecified atom stereocenters. The summed E-state index contributed by atoms with van der Waals surface area (Å²) in [5, 5.41) is 0. The predicted octanol–water partition coefficient (Wildman–Crippen LogP) is 2.64. The van der Waals surface area contributed by atoms with Crippen LogP contribution in [0.2, 0.25) is 0 Å². The van der Waals surface area contributed by atoms with Gasteiger partial charge in [0.1, 0.15) is 6.29 Å². The van der Waals surface area contributed by atoms with E-state index < -0.39 is 0 Å². The van der Waals surface area contributed by atoms with Gasteiger partial charge in [-0.1, -0.05) is 32.6 Å². The molecule has 1 atom stereocenters. The summed E-state index contributed by atoms with van der Waals surface area (Å²) in [4.78, 5) is 14.1. The summed E-state index contributed by atoms with van der Waals surface area (Å²) in [6.45, 7) is 5.83. The summed E-state index contributed by atoms with van der Waals surface area (Å²) in [6, 6.07) is 0.513. The first kappa shape index (κ1) is 14.0. The highest BCUT2D eigenvalue weighted by atomic mass is 16.5. The van der Waals surface area contributed by atoms with E-state index >= 15 is 0 Å².